The summed E-state index contributed by atoms with van der Waals surface area (Å²) in [5.74, 6) is -1.06. The molecule has 3 rings (SSSR count). The van der Waals surface area contributed by atoms with Gasteiger partial charge in [0, 0.05) is 18.9 Å². The molecular weight excluding hydrogens is 375 g/mol. The Labute approximate surface area is 154 Å². The molecule has 7 nitrogen and oxygen atoms in total. The van der Waals surface area contributed by atoms with Gasteiger partial charge in [0.1, 0.15) is 18.1 Å². The number of piperidine rings is 1. The molecule has 0 aromatic carbocycles. The maximum Gasteiger partial charge on any atom is 0.406 e. The second-order valence-corrected chi connectivity index (χ2v) is 6.42. The van der Waals surface area contributed by atoms with E-state index in [4.69, 9.17) is 0 Å². The number of carbonyl (C=O) groups is 2. The Morgan fingerprint density at radius 1 is 1.38 bits per heavy atom. The van der Waals surface area contributed by atoms with Gasteiger partial charge in [-0.05, 0) is 38.4 Å². The molecular formula is C15H21ClF3N5O2. The number of aromatic nitrogens is 2. The van der Waals surface area contributed by atoms with Crippen LogP contribution in [0.1, 0.15) is 19.3 Å². The molecule has 11 heteroatoms. The number of carbonyl (C=O) groups excluding carboxylic acids is 2. The minimum Gasteiger partial charge on any atom is -0.342 e. The third kappa shape index (κ3) is 4.12. The van der Waals surface area contributed by atoms with E-state index >= 15 is 0 Å². The van der Waals surface area contributed by atoms with Gasteiger partial charge in [0.05, 0.1) is 0 Å². The molecule has 2 N–H and O–H groups in total. The van der Waals surface area contributed by atoms with Crippen molar-refractivity contribution in [1.29, 1.82) is 0 Å². The first-order valence-corrected chi connectivity index (χ1v) is 8.19. The van der Waals surface area contributed by atoms with Gasteiger partial charge in [-0.25, -0.2) is 0 Å². The number of alkyl halides is 3. The first kappa shape index (κ1) is 20.5. The smallest absolute Gasteiger partial charge is 0.342 e. The Morgan fingerprint density at radius 2 is 2.08 bits per heavy atom. The lowest BCUT2D eigenvalue weighted by Crippen LogP contribution is -2.57. The molecule has 2 fully saturated rings. The van der Waals surface area contributed by atoms with E-state index in [-0.39, 0.29) is 31.3 Å². The van der Waals surface area contributed by atoms with Gasteiger partial charge in [-0.15, -0.1) is 12.4 Å². The topological polar surface area (TPSA) is 79.3 Å². The van der Waals surface area contributed by atoms with Crippen molar-refractivity contribution in [1.82, 2.24) is 25.3 Å². The summed E-state index contributed by atoms with van der Waals surface area (Å²) in [6.45, 7) is -0.0653. The van der Waals surface area contributed by atoms with Gasteiger partial charge in [-0.3, -0.25) is 14.3 Å². The Morgan fingerprint density at radius 3 is 2.65 bits per heavy atom. The highest BCUT2D eigenvalue weighted by Gasteiger charge is 2.45. The fourth-order valence-corrected chi connectivity index (χ4v) is 3.46. The fraction of sp³-hybridized carbons (Fsp3) is 0.667. The number of halogens is 4. The Kier molecular flexibility index (Phi) is 6.17. The van der Waals surface area contributed by atoms with Crippen molar-refractivity contribution in [2.75, 3.05) is 26.2 Å². The SMILES string of the molecule is Cl.O=C1C(NC(=O)C2(n3cccn3)CCNCC2)CCN1CC(F)(F)F. The zero-order valence-electron chi connectivity index (χ0n) is 14.0. The number of rotatable bonds is 4. The van der Waals surface area contributed by atoms with Crippen molar-refractivity contribution >= 4 is 24.2 Å². The molecule has 1 unspecified atom stereocenters. The van der Waals surface area contributed by atoms with E-state index in [9.17, 15) is 22.8 Å². The van der Waals surface area contributed by atoms with Crippen LogP contribution >= 0.6 is 12.4 Å². The van der Waals surface area contributed by atoms with Crippen molar-refractivity contribution in [3.8, 4) is 0 Å². The monoisotopic (exact) mass is 395 g/mol. The average molecular weight is 396 g/mol. The first-order valence-electron chi connectivity index (χ1n) is 8.19. The molecule has 2 aliphatic heterocycles. The highest BCUT2D eigenvalue weighted by molar-refractivity contribution is 5.92. The normalized spacial score (nSPS) is 22.8. The van der Waals surface area contributed by atoms with Gasteiger partial charge in [0.25, 0.3) is 0 Å². The summed E-state index contributed by atoms with van der Waals surface area (Å²) in [6, 6.07) is 0.792. The molecule has 1 atom stereocenters. The number of hydrogen-bond donors (Lipinski definition) is 2. The maximum absolute atomic E-state index is 12.9. The summed E-state index contributed by atoms with van der Waals surface area (Å²) in [5, 5.41) is 10.0. The molecule has 146 valence electrons. The zero-order chi connectivity index (χ0) is 18.1. The van der Waals surface area contributed by atoms with Crippen molar-refractivity contribution in [2.24, 2.45) is 0 Å². The van der Waals surface area contributed by atoms with E-state index in [1.54, 1.807) is 23.1 Å². The highest BCUT2D eigenvalue weighted by atomic mass is 35.5. The zero-order valence-corrected chi connectivity index (χ0v) is 14.8. The van der Waals surface area contributed by atoms with Crippen LogP contribution in [-0.2, 0) is 15.1 Å². The van der Waals surface area contributed by atoms with Crippen molar-refractivity contribution in [2.45, 2.75) is 37.0 Å². The molecule has 1 aromatic rings. The van der Waals surface area contributed by atoms with Crippen molar-refractivity contribution in [3.05, 3.63) is 18.5 Å². The maximum atomic E-state index is 12.9. The van der Waals surface area contributed by atoms with Crippen LogP contribution < -0.4 is 10.6 Å². The summed E-state index contributed by atoms with van der Waals surface area (Å²) in [5.41, 5.74) is -0.924. The lowest BCUT2D eigenvalue weighted by molar-refractivity contribution is -0.158. The van der Waals surface area contributed by atoms with Crippen LogP contribution in [-0.4, -0.2) is 64.9 Å². The van der Waals surface area contributed by atoms with Gasteiger partial charge in [-0.2, -0.15) is 18.3 Å². The lowest BCUT2D eigenvalue weighted by atomic mass is 9.87. The van der Waals surface area contributed by atoms with Crippen LogP contribution in [0.5, 0.6) is 0 Å². The lowest BCUT2D eigenvalue weighted by Gasteiger charge is -2.37. The minimum absolute atomic E-state index is 0. The number of nitrogens with one attached hydrogen (secondary N) is 2. The van der Waals surface area contributed by atoms with Crippen LogP contribution in [0, 0.1) is 0 Å². The molecule has 2 amide bonds. The molecule has 0 saturated carbocycles. The molecule has 2 saturated heterocycles. The van der Waals surface area contributed by atoms with Crippen LogP contribution in [0.2, 0.25) is 0 Å². The second kappa shape index (κ2) is 7.83. The molecule has 0 bridgehead atoms. The van der Waals surface area contributed by atoms with E-state index in [1.165, 1.54) is 0 Å². The van der Waals surface area contributed by atoms with E-state index in [2.05, 4.69) is 15.7 Å². The van der Waals surface area contributed by atoms with Crippen LogP contribution in [0.3, 0.4) is 0 Å². The fourth-order valence-electron chi connectivity index (χ4n) is 3.46. The van der Waals surface area contributed by atoms with E-state index in [1.807, 2.05) is 0 Å². The molecule has 1 aromatic heterocycles. The third-order valence-electron chi connectivity index (χ3n) is 4.77. The summed E-state index contributed by atoms with van der Waals surface area (Å²) < 4.78 is 39.1. The molecule has 0 radical (unpaired) electrons. The highest BCUT2D eigenvalue weighted by Crippen LogP contribution is 2.28. The van der Waals surface area contributed by atoms with Gasteiger partial charge in [0.2, 0.25) is 11.8 Å². The van der Waals surface area contributed by atoms with Gasteiger partial charge >= 0.3 is 6.18 Å². The Bertz CT molecular complexity index is 632. The first-order chi connectivity index (χ1) is 11.8. The summed E-state index contributed by atoms with van der Waals surface area (Å²) in [4.78, 5) is 25.8. The van der Waals surface area contributed by atoms with E-state index in [0.717, 1.165) is 4.90 Å². The largest absolute Gasteiger partial charge is 0.406 e. The number of hydrogen-bond acceptors (Lipinski definition) is 4. The molecule has 3 heterocycles. The van der Waals surface area contributed by atoms with Crippen LogP contribution in [0.25, 0.3) is 0 Å². The Hall–Kier alpha value is -1.81. The average Bonchev–Trinajstić information content (AvgIpc) is 3.20. The van der Waals surface area contributed by atoms with Gasteiger partial charge < -0.3 is 15.5 Å². The van der Waals surface area contributed by atoms with Crippen LogP contribution in [0.15, 0.2) is 18.5 Å². The molecule has 26 heavy (non-hydrogen) atoms. The summed E-state index contributed by atoms with van der Waals surface area (Å²) >= 11 is 0. The van der Waals surface area contributed by atoms with Crippen molar-refractivity contribution in [3.63, 3.8) is 0 Å². The molecule has 0 aliphatic carbocycles. The van der Waals surface area contributed by atoms with Crippen molar-refractivity contribution < 1.29 is 22.8 Å². The predicted molar refractivity (Wildman–Crippen MR) is 88.7 cm³/mol. The third-order valence-corrected chi connectivity index (χ3v) is 4.77. The molecule has 0 spiro atoms. The summed E-state index contributed by atoms with van der Waals surface area (Å²) in [7, 11) is 0. The second-order valence-electron chi connectivity index (χ2n) is 6.42. The molecule has 2 aliphatic rings. The van der Waals surface area contributed by atoms with E-state index < -0.39 is 30.2 Å². The number of likely N-dealkylation sites (tertiary alicyclic amines) is 1. The number of nitrogens with zero attached hydrogens (tertiary/aromatic N) is 3. The predicted octanol–water partition coefficient (Wildman–Crippen LogP) is 0.663. The van der Waals surface area contributed by atoms with E-state index in [0.29, 0.717) is 25.9 Å². The quantitative estimate of drug-likeness (QED) is 0.785. The van der Waals surface area contributed by atoms with Gasteiger partial charge in [-0.1, -0.05) is 0 Å². The number of amides is 2. The Balaban J connectivity index is 0.00000243. The van der Waals surface area contributed by atoms with Gasteiger partial charge in [0.15, 0.2) is 0 Å². The summed E-state index contributed by atoms with van der Waals surface area (Å²) in [6.07, 6.45) is -0.0183. The standard InChI is InChI=1S/C15H20F3N5O2.ClH/c16-15(17,18)10-22-9-2-11(12(22)24)21-13(25)14(3-6-19-7-4-14)23-8-1-5-20-23;/h1,5,8,11,19H,2-4,6-7,9-10H2,(H,21,25);1H. The minimum atomic E-state index is -4.44. The van der Waals surface area contributed by atoms with Crippen LogP contribution in [0.4, 0.5) is 13.2 Å².